The Morgan fingerprint density at radius 3 is 2.76 bits per heavy atom. The lowest BCUT2D eigenvalue weighted by Crippen LogP contribution is -2.38. The summed E-state index contributed by atoms with van der Waals surface area (Å²) in [6.07, 6.45) is 6.42. The molecule has 1 fully saturated rings. The minimum absolute atomic E-state index is 0.290. The Kier molecular flexibility index (Phi) is 4.34. The Balaban J connectivity index is 1.85. The van der Waals surface area contributed by atoms with E-state index in [0.29, 0.717) is 6.04 Å². The molecule has 1 aromatic carbocycles. The van der Waals surface area contributed by atoms with Gasteiger partial charge in [-0.15, -0.1) is 0 Å². The van der Waals surface area contributed by atoms with Crippen molar-refractivity contribution in [3.8, 4) is 0 Å². The third-order valence-electron chi connectivity index (χ3n) is 5.05. The molecule has 1 aromatic heterocycles. The molecule has 21 heavy (non-hydrogen) atoms. The van der Waals surface area contributed by atoms with Gasteiger partial charge in [0.25, 0.3) is 0 Å². The van der Waals surface area contributed by atoms with Crippen molar-refractivity contribution in [1.29, 1.82) is 0 Å². The van der Waals surface area contributed by atoms with Crippen LogP contribution in [0, 0.1) is 5.92 Å². The van der Waals surface area contributed by atoms with E-state index in [2.05, 4.69) is 50.4 Å². The molecule has 2 heteroatoms. The molecule has 0 saturated heterocycles. The highest BCUT2D eigenvalue weighted by atomic mass is 16.3. The van der Waals surface area contributed by atoms with Crippen LogP contribution in [0.3, 0.4) is 0 Å². The van der Waals surface area contributed by atoms with Gasteiger partial charge >= 0.3 is 0 Å². The van der Waals surface area contributed by atoms with Crippen molar-refractivity contribution in [2.45, 2.75) is 65.0 Å². The fourth-order valence-corrected chi connectivity index (χ4v) is 3.79. The fourth-order valence-electron chi connectivity index (χ4n) is 3.79. The van der Waals surface area contributed by atoms with E-state index in [-0.39, 0.29) is 6.04 Å². The average molecular weight is 285 g/mol. The summed E-state index contributed by atoms with van der Waals surface area (Å²) in [4.78, 5) is 0. The lowest BCUT2D eigenvalue weighted by molar-refractivity contribution is 0.254. The van der Waals surface area contributed by atoms with Gasteiger partial charge in [-0.05, 0) is 38.2 Å². The number of para-hydroxylation sites is 1. The van der Waals surface area contributed by atoms with E-state index in [0.717, 1.165) is 23.7 Å². The predicted octanol–water partition coefficient (Wildman–Crippen LogP) is 5.22. The molecule has 2 nitrogen and oxygen atoms in total. The normalized spacial score (nSPS) is 24.3. The van der Waals surface area contributed by atoms with Crippen LogP contribution in [0.1, 0.15) is 63.8 Å². The second-order valence-corrected chi connectivity index (χ2v) is 6.55. The van der Waals surface area contributed by atoms with Crippen LogP contribution in [0.15, 0.2) is 28.7 Å². The van der Waals surface area contributed by atoms with Crippen molar-refractivity contribution in [2.75, 3.05) is 0 Å². The summed E-state index contributed by atoms with van der Waals surface area (Å²) in [6.45, 7) is 6.85. The van der Waals surface area contributed by atoms with E-state index in [4.69, 9.17) is 4.42 Å². The Labute approximate surface area is 127 Å². The number of aryl methyl sites for hydroxylation is 1. The quantitative estimate of drug-likeness (QED) is 0.832. The molecule has 3 rings (SSSR count). The highest BCUT2D eigenvalue weighted by Gasteiger charge is 2.25. The van der Waals surface area contributed by atoms with Crippen LogP contribution in [0.2, 0.25) is 0 Å². The zero-order chi connectivity index (χ0) is 14.8. The fraction of sp³-hybridized carbons (Fsp3) is 0.579. The molecular formula is C19H27NO. The van der Waals surface area contributed by atoms with Crippen LogP contribution in [0.4, 0.5) is 0 Å². The topological polar surface area (TPSA) is 25.2 Å². The Hall–Kier alpha value is -1.28. The summed E-state index contributed by atoms with van der Waals surface area (Å²) in [7, 11) is 0. The zero-order valence-electron chi connectivity index (χ0n) is 13.5. The summed E-state index contributed by atoms with van der Waals surface area (Å²) in [6, 6.07) is 9.33. The molecule has 1 aliphatic carbocycles. The van der Waals surface area contributed by atoms with E-state index in [9.17, 15) is 0 Å². The molecule has 1 heterocycles. The van der Waals surface area contributed by atoms with Crippen molar-refractivity contribution in [2.24, 2.45) is 5.92 Å². The minimum Gasteiger partial charge on any atom is -0.459 e. The van der Waals surface area contributed by atoms with Crippen molar-refractivity contribution >= 4 is 11.0 Å². The van der Waals surface area contributed by atoms with E-state index in [1.54, 1.807) is 0 Å². The molecule has 3 unspecified atom stereocenters. The van der Waals surface area contributed by atoms with Crippen LogP contribution in [0.25, 0.3) is 11.0 Å². The summed E-state index contributed by atoms with van der Waals surface area (Å²) in [5.41, 5.74) is 2.39. The van der Waals surface area contributed by atoms with Crippen molar-refractivity contribution in [3.63, 3.8) is 0 Å². The average Bonchev–Trinajstić information content (AvgIpc) is 2.88. The molecule has 114 valence electrons. The SMILES string of the molecule is CCc1c(C(C)NC2CCCCC2C)oc2ccccc12. The first kappa shape index (κ1) is 14.6. The maximum absolute atomic E-state index is 6.17. The second-order valence-electron chi connectivity index (χ2n) is 6.55. The first-order valence-electron chi connectivity index (χ1n) is 8.47. The molecule has 0 bridgehead atoms. The van der Waals surface area contributed by atoms with Crippen LogP contribution in [-0.4, -0.2) is 6.04 Å². The van der Waals surface area contributed by atoms with Gasteiger partial charge in [0.05, 0.1) is 6.04 Å². The van der Waals surface area contributed by atoms with Crippen LogP contribution in [-0.2, 0) is 6.42 Å². The molecular weight excluding hydrogens is 258 g/mol. The number of benzene rings is 1. The Bertz CT molecular complexity index is 601. The van der Waals surface area contributed by atoms with Gasteiger partial charge < -0.3 is 9.73 Å². The third-order valence-corrected chi connectivity index (χ3v) is 5.05. The van der Waals surface area contributed by atoms with Gasteiger partial charge in [-0.3, -0.25) is 0 Å². The first-order valence-corrected chi connectivity index (χ1v) is 8.47. The van der Waals surface area contributed by atoms with E-state index in [1.165, 1.54) is 36.6 Å². The van der Waals surface area contributed by atoms with Gasteiger partial charge in [-0.25, -0.2) is 0 Å². The zero-order valence-corrected chi connectivity index (χ0v) is 13.5. The standard InChI is InChI=1S/C19H27NO/c1-4-15-16-10-6-8-12-18(16)21-19(15)14(3)20-17-11-7-5-9-13(17)2/h6,8,10,12-14,17,20H,4-5,7,9,11H2,1-3H3. The van der Waals surface area contributed by atoms with Crippen molar-refractivity contribution in [3.05, 3.63) is 35.6 Å². The van der Waals surface area contributed by atoms with Gasteiger partial charge in [0.1, 0.15) is 11.3 Å². The maximum atomic E-state index is 6.17. The molecule has 0 amide bonds. The Morgan fingerprint density at radius 2 is 2.00 bits per heavy atom. The van der Waals surface area contributed by atoms with Gasteiger partial charge in [-0.2, -0.15) is 0 Å². The number of rotatable bonds is 4. The minimum atomic E-state index is 0.290. The monoisotopic (exact) mass is 285 g/mol. The summed E-state index contributed by atoms with van der Waals surface area (Å²) >= 11 is 0. The summed E-state index contributed by atoms with van der Waals surface area (Å²) in [5.74, 6) is 1.91. The highest BCUT2D eigenvalue weighted by molar-refractivity contribution is 5.82. The second kappa shape index (κ2) is 6.23. The van der Waals surface area contributed by atoms with E-state index >= 15 is 0 Å². The molecule has 1 aliphatic rings. The van der Waals surface area contributed by atoms with E-state index < -0.39 is 0 Å². The van der Waals surface area contributed by atoms with Crippen LogP contribution in [0.5, 0.6) is 0 Å². The third kappa shape index (κ3) is 2.87. The molecule has 3 atom stereocenters. The first-order chi connectivity index (χ1) is 10.2. The molecule has 0 aliphatic heterocycles. The van der Waals surface area contributed by atoms with Gasteiger partial charge in [0, 0.05) is 17.0 Å². The smallest absolute Gasteiger partial charge is 0.134 e. The summed E-state index contributed by atoms with van der Waals surface area (Å²) in [5, 5.41) is 5.10. The number of fused-ring (bicyclic) bond motifs is 1. The van der Waals surface area contributed by atoms with Crippen molar-refractivity contribution in [1.82, 2.24) is 5.32 Å². The van der Waals surface area contributed by atoms with Crippen molar-refractivity contribution < 1.29 is 4.42 Å². The largest absolute Gasteiger partial charge is 0.459 e. The van der Waals surface area contributed by atoms with Gasteiger partial charge in [0.15, 0.2) is 0 Å². The lowest BCUT2D eigenvalue weighted by Gasteiger charge is -2.32. The van der Waals surface area contributed by atoms with Crippen LogP contribution < -0.4 is 5.32 Å². The predicted molar refractivity (Wildman–Crippen MR) is 88.6 cm³/mol. The summed E-state index contributed by atoms with van der Waals surface area (Å²) < 4.78 is 6.17. The molecule has 1 N–H and O–H groups in total. The van der Waals surface area contributed by atoms with Gasteiger partial charge in [0.2, 0.25) is 0 Å². The molecule has 0 spiro atoms. The molecule has 0 radical (unpaired) electrons. The number of hydrogen-bond acceptors (Lipinski definition) is 2. The molecule has 2 aromatic rings. The number of hydrogen-bond donors (Lipinski definition) is 1. The number of furan rings is 1. The maximum Gasteiger partial charge on any atom is 0.134 e. The Morgan fingerprint density at radius 1 is 1.24 bits per heavy atom. The van der Waals surface area contributed by atoms with E-state index in [1.807, 2.05) is 0 Å². The highest BCUT2D eigenvalue weighted by Crippen LogP contribution is 2.32. The number of nitrogens with one attached hydrogen (secondary N) is 1. The van der Waals surface area contributed by atoms with Gasteiger partial charge in [-0.1, -0.05) is 44.9 Å². The van der Waals surface area contributed by atoms with Crippen LogP contribution >= 0.6 is 0 Å². The lowest BCUT2D eigenvalue weighted by atomic mass is 9.85. The molecule has 1 saturated carbocycles.